The molecule has 0 unspecified atom stereocenters. The lowest BCUT2D eigenvalue weighted by atomic mass is 9.97. The lowest BCUT2D eigenvalue weighted by molar-refractivity contribution is 0.0934. The molecule has 0 bridgehead atoms. The predicted molar refractivity (Wildman–Crippen MR) is 135 cm³/mol. The Kier molecular flexibility index (Phi) is 7.70. The molecule has 6 nitrogen and oxygen atoms in total. The van der Waals surface area contributed by atoms with E-state index in [-0.39, 0.29) is 17.9 Å². The van der Waals surface area contributed by atoms with Crippen molar-refractivity contribution in [1.29, 1.82) is 0 Å². The fourth-order valence-electron chi connectivity index (χ4n) is 4.28. The zero-order valence-electron chi connectivity index (χ0n) is 19.8. The molecular weight excluding hydrogens is 424 g/mol. The van der Waals surface area contributed by atoms with Crippen LogP contribution >= 0.6 is 0 Å². The van der Waals surface area contributed by atoms with Gasteiger partial charge >= 0.3 is 0 Å². The van der Waals surface area contributed by atoms with Crippen molar-refractivity contribution in [2.45, 2.75) is 25.8 Å². The number of carbonyl (C=O) groups is 2. The maximum absolute atomic E-state index is 12.8. The van der Waals surface area contributed by atoms with Crippen LogP contribution in [0.5, 0.6) is 0 Å². The van der Waals surface area contributed by atoms with E-state index in [1.165, 1.54) is 0 Å². The summed E-state index contributed by atoms with van der Waals surface area (Å²) in [6.45, 7) is 4.80. The van der Waals surface area contributed by atoms with Crippen LogP contribution in [0.15, 0.2) is 73.1 Å². The summed E-state index contributed by atoms with van der Waals surface area (Å²) in [6, 6.07) is 18.7. The summed E-state index contributed by atoms with van der Waals surface area (Å²) < 4.78 is 0. The predicted octanol–water partition coefficient (Wildman–Crippen LogP) is 4.31. The Morgan fingerprint density at radius 3 is 2.32 bits per heavy atom. The van der Waals surface area contributed by atoms with Crippen molar-refractivity contribution < 1.29 is 9.59 Å². The molecule has 0 spiro atoms. The average molecular weight is 457 g/mol. The monoisotopic (exact) mass is 456 g/mol. The first-order valence-corrected chi connectivity index (χ1v) is 11.9. The first kappa shape index (κ1) is 23.6. The molecule has 34 heavy (non-hydrogen) atoms. The Bertz CT molecular complexity index is 1110. The van der Waals surface area contributed by atoms with Gasteiger partial charge in [0.2, 0.25) is 0 Å². The van der Waals surface area contributed by atoms with Gasteiger partial charge in [-0.05, 0) is 98.9 Å². The highest BCUT2D eigenvalue weighted by Gasteiger charge is 2.18. The number of rotatable bonds is 7. The van der Waals surface area contributed by atoms with E-state index in [1.807, 2.05) is 67.6 Å². The number of pyridine rings is 1. The van der Waals surface area contributed by atoms with E-state index < -0.39 is 0 Å². The second-order valence-electron chi connectivity index (χ2n) is 9.09. The largest absolute Gasteiger partial charge is 0.352 e. The zero-order valence-corrected chi connectivity index (χ0v) is 19.8. The van der Waals surface area contributed by atoms with Crippen LogP contribution < -0.4 is 10.6 Å². The van der Waals surface area contributed by atoms with Crippen molar-refractivity contribution >= 4 is 11.8 Å². The number of amides is 2. The van der Waals surface area contributed by atoms with Crippen LogP contribution in [0.1, 0.15) is 52.1 Å². The normalized spacial score (nSPS) is 15.5. The molecule has 3 aromatic rings. The number of hydrogen-bond donors (Lipinski definition) is 2. The molecule has 1 atom stereocenters. The Morgan fingerprint density at radius 1 is 0.941 bits per heavy atom. The quantitative estimate of drug-likeness (QED) is 0.556. The summed E-state index contributed by atoms with van der Waals surface area (Å²) in [7, 11) is 2.14. The number of nitrogens with one attached hydrogen (secondary N) is 2. The summed E-state index contributed by atoms with van der Waals surface area (Å²) in [5.41, 5.74) is 4.20. The highest BCUT2D eigenvalue weighted by atomic mass is 16.2. The van der Waals surface area contributed by atoms with Crippen molar-refractivity contribution in [2.24, 2.45) is 5.92 Å². The molecule has 176 valence electrons. The second-order valence-corrected chi connectivity index (χ2v) is 9.09. The molecule has 2 N–H and O–H groups in total. The van der Waals surface area contributed by atoms with Crippen LogP contribution in [-0.4, -0.2) is 48.4 Å². The van der Waals surface area contributed by atoms with Gasteiger partial charge in [-0.1, -0.05) is 24.3 Å². The van der Waals surface area contributed by atoms with Crippen LogP contribution in [0.2, 0.25) is 0 Å². The molecule has 0 aliphatic carbocycles. The van der Waals surface area contributed by atoms with Gasteiger partial charge in [-0.2, -0.15) is 0 Å². The maximum atomic E-state index is 12.8. The lowest BCUT2D eigenvalue weighted by Crippen LogP contribution is -2.36. The smallest absolute Gasteiger partial charge is 0.251 e. The first-order valence-electron chi connectivity index (χ1n) is 11.9. The number of likely N-dealkylation sites (tertiary alicyclic amines) is 1. The average Bonchev–Trinajstić information content (AvgIpc) is 2.89. The number of aromatic nitrogens is 1. The third-order valence-electron chi connectivity index (χ3n) is 6.55. The molecule has 1 fully saturated rings. The number of benzene rings is 2. The molecule has 2 aromatic carbocycles. The number of piperidine rings is 1. The van der Waals surface area contributed by atoms with Gasteiger partial charge in [-0.15, -0.1) is 0 Å². The SMILES string of the molecule is C[C@@H](NC(=O)c1ccc(-c2ccncc2)cc1)c1cccc(C(=O)NCC2CCN(C)CC2)c1. The molecule has 0 radical (unpaired) electrons. The Balaban J connectivity index is 1.34. The molecular formula is C28H32N4O2. The fraction of sp³-hybridized carbons (Fsp3) is 0.321. The number of hydrogen-bond acceptors (Lipinski definition) is 4. The van der Waals surface area contributed by atoms with Crippen molar-refractivity contribution in [1.82, 2.24) is 20.5 Å². The summed E-state index contributed by atoms with van der Waals surface area (Å²) in [6.07, 6.45) is 5.73. The zero-order chi connectivity index (χ0) is 23.9. The molecule has 6 heteroatoms. The maximum Gasteiger partial charge on any atom is 0.251 e. The number of carbonyl (C=O) groups excluding carboxylic acids is 2. The van der Waals surface area contributed by atoms with Gasteiger partial charge in [0, 0.05) is 30.1 Å². The lowest BCUT2D eigenvalue weighted by Gasteiger charge is -2.28. The van der Waals surface area contributed by atoms with E-state index in [0.717, 1.165) is 42.6 Å². The Hall–Kier alpha value is -3.51. The summed E-state index contributed by atoms with van der Waals surface area (Å²) in [4.78, 5) is 31.9. The van der Waals surface area contributed by atoms with Gasteiger partial charge in [0.1, 0.15) is 0 Å². The van der Waals surface area contributed by atoms with Crippen molar-refractivity contribution in [2.75, 3.05) is 26.7 Å². The molecule has 1 saturated heterocycles. The Morgan fingerprint density at radius 2 is 1.62 bits per heavy atom. The topological polar surface area (TPSA) is 74.3 Å². The third kappa shape index (κ3) is 6.08. The van der Waals surface area contributed by atoms with Crippen LogP contribution in [-0.2, 0) is 0 Å². The number of nitrogens with zero attached hydrogens (tertiary/aromatic N) is 2. The van der Waals surface area contributed by atoms with Gasteiger partial charge in [0.25, 0.3) is 11.8 Å². The highest BCUT2D eigenvalue weighted by Crippen LogP contribution is 2.20. The van der Waals surface area contributed by atoms with Crippen LogP contribution in [0, 0.1) is 5.92 Å². The molecule has 0 saturated carbocycles. The van der Waals surface area contributed by atoms with Crippen LogP contribution in [0.4, 0.5) is 0 Å². The van der Waals surface area contributed by atoms with Crippen LogP contribution in [0.3, 0.4) is 0 Å². The minimum Gasteiger partial charge on any atom is -0.352 e. The standard InChI is InChI=1S/C28H32N4O2/c1-20(31-28(34)24-8-6-22(7-9-24)23-10-14-29-15-11-23)25-4-3-5-26(18-25)27(33)30-19-21-12-16-32(2)17-13-21/h3-11,14-15,18,20-21H,12-13,16-17,19H2,1-2H3,(H,30,33)(H,31,34)/t20-/m1/s1. The van der Waals surface area contributed by atoms with Gasteiger partial charge in [0.15, 0.2) is 0 Å². The Labute approximate surface area is 201 Å². The molecule has 2 heterocycles. The van der Waals surface area contributed by atoms with Gasteiger partial charge in [0.05, 0.1) is 6.04 Å². The van der Waals surface area contributed by atoms with E-state index in [2.05, 4.69) is 27.6 Å². The van der Waals surface area contributed by atoms with E-state index >= 15 is 0 Å². The van der Waals surface area contributed by atoms with Crippen molar-refractivity contribution in [3.05, 3.63) is 89.7 Å². The van der Waals surface area contributed by atoms with E-state index in [1.54, 1.807) is 12.4 Å². The minimum atomic E-state index is -0.228. The van der Waals surface area contributed by atoms with Crippen molar-refractivity contribution in [3.8, 4) is 11.1 Å². The van der Waals surface area contributed by atoms with Gasteiger partial charge in [-0.3, -0.25) is 14.6 Å². The molecule has 1 aliphatic heterocycles. The fourth-order valence-corrected chi connectivity index (χ4v) is 4.28. The molecule has 2 amide bonds. The summed E-state index contributed by atoms with van der Waals surface area (Å²) >= 11 is 0. The molecule has 4 rings (SSSR count). The summed E-state index contributed by atoms with van der Waals surface area (Å²) in [5, 5.41) is 6.13. The molecule has 1 aliphatic rings. The minimum absolute atomic E-state index is 0.0639. The van der Waals surface area contributed by atoms with E-state index in [0.29, 0.717) is 23.6 Å². The third-order valence-corrected chi connectivity index (χ3v) is 6.55. The summed E-state index contributed by atoms with van der Waals surface area (Å²) in [5.74, 6) is 0.323. The van der Waals surface area contributed by atoms with Gasteiger partial charge < -0.3 is 15.5 Å². The van der Waals surface area contributed by atoms with Crippen molar-refractivity contribution in [3.63, 3.8) is 0 Å². The van der Waals surface area contributed by atoms with E-state index in [4.69, 9.17) is 0 Å². The van der Waals surface area contributed by atoms with E-state index in [9.17, 15) is 9.59 Å². The molecule has 1 aromatic heterocycles. The second kappa shape index (κ2) is 11.1. The van der Waals surface area contributed by atoms with Gasteiger partial charge in [-0.25, -0.2) is 0 Å². The van der Waals surface area contributed by atoms with Crippen LogP contribution in [0.25, 0.3) is 11.1 Å². The first-order chi connectivity index (χ1) is 16.5. The highest BCUT2D eigenvalue weighted by molar-refractivity contribution is 5.95.